The quantitative estimate of drug-likeness (QED) is 0.364. The van der Waals surface area contributed by atoms with Crippen LogP contribution in [0, 0.1) is 5.82 Å². The van der Waals surface area contributed by atoms with E-state index in [9.17, 15) is 30.7 Å². The summed E-state index contributed by atoms with van der Waals surface area (Å²) in [5, 5.41) is 3.22. The summed E-state index contributed by atoms with van der Waals surface area (Å²) in [6.07, 6.45) is -12.0. The summed E-state index contributed by atoms with van der Waals surface area (Å²) in [7, 11) is 0. The fourth-order valence-electron chi connectivity index (χ4n) is 3.99. The lowest BCUT2D eigenvalue weighted by Crippen LogP contribution is -2.43. The molecule has 0 radical (unpaired) electrons. The van der Waals surface area contributed by atoms with Gasteiger partial charge in [0.15, 0.2) is 6.29 Å². The molecule has 0 amide bonds. The van der Waals surface area contributed by atoms with E-state index < -0.39 is 41.9 Å². The Hall–Kier alpha value is -2.95. The number of alkyl halides is 6. The van der Waals surface area contributed by atoms with Crippen LogP contribution in [0.1, 0.15) is 41.3 Å². The third kappa shape index (κ3) is 6.05. The summed E-state index contributed by atoms with van der Waals surface area (Å²) in [6.45, 7) is 2.10. The average molecular weight is 513 g/mol. The Balaban J connectivity index is 1.56. The standard InChI is InChI=1S/C26H22F7NO2/c1-15(19-12-20(25(28,29)30)14-21(13-19)26(31,32)33)36-24-23(34-10-11-35-24)18-4-2-16(3-5-18)17-6-8-22(27)9-7-17/h2-9,12-15,23-24,34H,10-11H2,1H3/t15-,23+,24-/m1/s1. The molecule has 0 spiro atoms. The average Bonchev–Trinajstić information content (AvgIpc) is 2.84. The van der Waals surface area contributed by atoms with Crippen molar-refractivity contribution in [1.82, 2.24) is 5.32 Å². The van der Waals surface area contributed by atoms with Gasteiger partial charge in [-0.2, -0.15) is 26.3 Å². The molecule has 36 heavy (non-hydrogen) atoms. The molecule has 3 nitrogen and oxygen atoms in total. The molecule has 0 aromatic heterocycles. The number of rotatable bonds is 5. The maximum absolute atomic E-state index is 13.3. The summed E-state index contributed by atoms with van der Waals surface area (Å²) < 4.78 is 104. The maximum atomic E-state index is 13.3. The molecule has 0 saturated carbocycles. The third-order valence-corrected chi connectivity index (χ3v) is 5.89. The van der Waals surface area contributed by atoms with Crippen LogP contribution in [0.3, 0.4) is 0 Å². The SMILES string of the molecule is C[C@@H](O[C@H]1OCCN[C@H]1c1ccc(-c2ccc(F)cc2)cc1)c1cc(C(F)(F)F)cc(C(F)(F)F)c1. The zero-order valence-corrected chi connectivity index (χ0v) is 19.0. The molecule has 1 saturated heterocycles. The fourth-order valence-corrected chi connectivity index (χ4v) is 3.99. The van der Waals surface area contributed by atoms with Gasteiger partial charge in [0, 0.05) is 6.54 Å². The van der Waals surface area contributed by atoms with Crippen LogP contribution < -0.4 is 5.32 Å². The van der Waals surface area contributed by atoms with Crippen molar-refractivity contribution >= 4 is 0 Å². The first-order valence-electron chi connectivity index (χ1n) is 11.1. The molecule has 3 aromatic rings. The second-order valence-electron chi connectivity index (χ2n) is 8.42. The molecule has 0 bridgehead atoms. The largest absolute Gasteiger partial charge is 0.416 e. The molecule has 1 aliphatic rings. The van der Waals surface area contributed by atoms with Crippen molar-refractivity contribution in [2.24, 2.45) is 0 Å². The van der Waals surface area contributed by atoms with Crippen molar-refractivity contribution in [3.05, 3.63) is 94.8 Å². The predicted octanol–water partition coefficient (Wildman–Crippen LogP) is 7.30. The van der Waals surface area contributed by atoms with Crippen LogP contribution in [-0.2, 0) is 21.8 Å². The van der Waals surface area contributed by atoms with E-state index in [1.165, 1.54) is 19.1 Å². The van der Waals surface area contributed by atoms with E-state index in [4.69, 9.17) is 9.47 Å². The van der Waals surface area contributed by atoms with E-state index in [0.717, 1.165) is 16.7 Å². The Kier molecular flexibility index (Phi) is 7.40. The monoisotopic (exact) mass is 513 g/mol. The highest BCUT2D eigenvalue weighted by molar-refractivity contribution is 5.63. The van der Waals surface area contributed by atoms with Crippen LogP contribution in [0.25, 0.3) is 11.1 Å². The van der Waals surface area contributed by atoms with E-state index in [0.29, 0.717) is 18.7 Å². The molecule has 1 N–H and O–H groups in total. The van der Waals surface area contributed by atoms with Gasteiger partial charge in [0.25, 0.3) is 0 Å². The second-order valence-corrected chi connectivity index (χ2v) is 8.42. The molecule has 10 heteroatoms. The molecule has 3 atom stereocenters. The molecule has 0 aliphatic carbocycles. The van der Waals surface area contributed by atoms with E-state index in [-0.39, 0.29) is 24.1 Å². The Morgan fingerprint density at radius 3 is 1.89 bits per heavy atom. The minimum absolute atomic E-state index is 0.0837. The van der Waals surface area contributed by atoms with E-state index in [1.54, 1.807) is 24.3 Å². The Morgan fingerprint density at radius 1 is 0.833 bits per heavy atom. The van der Waals surface area contributed by atoms with E-state index in [2.05, 4.69) is 5.32 Å². The first kappa shape index (κ1) is 26.1. The van der Waals surface area contributed by atoms with Gasteiger partial charge in [0.2, 0.25) is 0 Å². The normalized spacial score (nSPS) is 19.8. The lowest BCUT2D eigenvalue weighted by Gasteiger charge is -2.35. The van der Waals surface area contributed by atoms with E-state index >= 15 is 0 Å². The zero-order valence-electron chi connectivity index (χ0n) is 19.0. The molecule has 3 aromatic carbocycles. The van der Waals surface area contributed by atoms with Crippen molar-refractivity contribution in [2.75, 3.05) is 13.2 Å². The first-order chi connectivity index (χ1) is 16.9. The van der Waals surface area contributed by atoms with Crippen LogP contribution in [0.4, 0.5) is 30.7 Å². The fraction of sp³-hybridized carbons (Fsp3) is 0.308. The van der Waals surface area contributed by atoms with Crippen molar-refractivity contribution < 1.29 is 40.2 Å². The minimum Gasteiger partial charge on any atom is -0.349 e. The summed E-state index contributed by atoms with van der Waals surface area (Å²) in [4.78, 5) is 0. The number of nitrogens with one attached hydrogen (secondary N) is 1. The number of hydrogen-bond donors (Lipinski definition) is 1. The van der Waals surface area contributed by atoms with Gasteiger partial charge in [-0.3, -0.25) is 0 Å². The maximum Gasteiger partial charge on any atom is 0.416 e. The number of ether oxygens (including phenoxy) is 2. The Labute approximate surface area is 202 Å². The summed E-state index contributed by atoms with van der Waals surface area (Å²) >= 11 is 0. The first-order valence-corrected chi connectivity index (χ1v) is 11.1. The van der Waals surface area contributed by atoms with E-state index in [1.807, 2.05) is 12.1 Å². The summed E-state index contributed by atoms with van der Waals surface area (Å²) in [5.74, 6) is -0.351. The van der Waals surface area contributed by atoms with Crippen molar-refractivity contribution in [1.29, 1.82) is 0 Å². The number of hydrogen-bond acceptors (Lipinski definition) is 3. The number of morpholine rings is 1. The smallest absolute Gasteiger partial charge is 0.349 e. The highest BCUT2D eigenvalue weighted by Crippen LogP contribution is 2.39. The van der Waals surface area contributed by atoms with Gasteiger partial charge in [-0.05, 0) is 59.5 Å². The summed E-state index contributed by atoms with van der Waals surface area (Å²) in [5.41, 5.74) is -0.682. The molecule has 1 fully saturated rings. The second kappa shape index (κ2) is 10.2. The van der Waals surface area contributed by atoms with Crippen molar-refractivity contribution in [3.63, 3.8) is 0 Å². The van der Waals surface area contributed by atoms with Gasteiger partial charge >= 0.3 is 12.4 Å². The molecular formula is C26H22F7NO2. The highest BCUT2D eigenvalue weighted by atomic mass is 19.4. The van der Waals surface area contributed by atoms with Gasteiger partial charge in [-0.15, -0.1) is 0 Å². The molecule has 4 rings (SSSR count). The Bertz CT molecular complexity index is 1140. The van der Waals surface area contributed by atoms with Gasteiger partial charge < -0.3 is 14.8 Å². The molecule has 1 aliphatic heterocycles. The molecule has 1 heterocycles. The van der Waals surface area contributed by atoms with Crippen LogP contribution in [0.5, 0.6) is 0 Å². The van der Waals surface area contributed by atoms with Gasteiger partial charge in [-0.25, -0.2) is 4.39 Å². The summed E-state index contributed by atoms with van der Waals surface area (Å²) in [6, 6.07) is 14.1. The van der Waals surface area contributed by atoms with Crippen LogP contribution in [0.15, 0.2) is 66.7 Å². The number of benzene rings is 3. The Morgan fingerprint density at radius 2 is 1.36 bits per heavy atom. The van der Waals surface area contributed by atoms with Crippen molar-refractivity contribution in [2.45, 2.75) is 37.7 Å². The minimum atomic E-state index is -4.95. The predicted molar refractivity (Wildman–Crippen MR) is 118 cm³/mol. The lowest BCUT2D eigenvalue weighted by atomic mass is 9.99. The number of halogens is 7. The molecular weight excluding hydrogens is 491 g/mol. The molecule has 192 valence electrons. The molecule has 0 unspecified atom stereocenters. The highest BCUT2D eigenvalue weighted by Gasteiger charge is 2.38. The topological polar surface area (TPSA) is 30.5 Å². The van der Waals surface area contributed by atoms with Crippen LogP contribution in [0.2, 0.25) is 0 Å². The third-order valence-electron chi connectivity index (χ3n) is 5.89. The van der Waals surface area contributed by atoms with Crippen LogP contribution in [-0.4, -0.2) is 19.4 Å². The lowest BCUT2D eigenvalue weighted by molar-refractivity contribution is -0.200. The van der Waals surface area contributed by atoms with Gasteiger partial charge in [0.1, 0.15) is 5.82 Å². The zero-order chi connectivity index (χ0) is 26.1. The van der Waals surface area contributed by atoms with Crippen molar-refractivity contribution in [3.8, 4) is 11.1 Å². The van der Waals surface area contributed by atoms with Gasteiger partial charge in [0.05, 0.1) is 29.9 Å². The van der Waals surface area contributed by atoms with Gasteiger partial charge in [-0.1, -0.05) is 36.4 Å². The van der Waals surface area contributed by atoms with Crippen LogP contribution >= 0.6 is 0 Å².